The molecule has 2 rings (SSSR count). The first-order valence-corrected chi connectivity index (χ1v) is 8.91. The smallest absolute Gasteiger partial charge is 0.265 e. The van der Waals surface area contributed by atoms with Crippen LogP contribution in [0.5, 0.6) is 0 Å². The summed E-state index contributed by atoms with van der Waals surface area (Å²) in [5, 5.41) is 8.81. The number of nitriles is 1. The standard InChI is InChI=1S/C16H15BrN2O2S/c1-13-8-9-16(15(17)12-13)22(20,21)19(11-5-10-18)14-6-3-2-4-7-14/h2-4,6-9,12H,5,11H2,1H3. The van der Waals surface area contributed by atoms with Crippen LogP contribution in [-0.4, -0.2) is 15.0 Å². The van der Waals surface area contributed by atoms with Crippen molar-refractivity contribution >= 4 is 31.6 Å². The molecule has 0 aliphatic rings. The molecule has 0 fully saturated rings. The molecule has 0 radical (unpaired) electrons. The van der Waals surface area contributed by atoms with Gasteiger partial charge in [-0.25, -0.2) is 8.42 Å². The molecule has 6 heteroatoms. The zero-order valence-electron chi connectivity index (χ0n) is 12.0. The minimum absolute atomic E-state index is 0.114. The van der Waals surface area contributed by atoms with Gasteiger partial charge in [-0.15, -0.1) is 0 Å². The number of nitrogens with zero attached hydrogens (tertiary/aromatic N) is 2. The average molecular weight is 379 g/mol. The molecule has 0 spiro atoms. The summed E-state index contributed by atoms with van der Waals surface area (Å²) in [6.45, 7) is 2.01. The van der Waals surface area contributed by atoms with Crippen molar-refractivity contribution in [3.05, 3.63) is 58.6 Å². The van der Waals surface area contributed by atoms with Gasteiger partial charge in [-0.2, -0.15) is 5.26 Å². The lowest BCUT2D eigenvalue weighted by atomic mass is 10.2. The van der Waals surface area contributed by atoms with Crippen molar-refractivity contribution in [1.82, 2.24) is 0 Å². The van der Waals surface area contributed by atoms with Gasteiger partial charge in [0.15, 0.2) is 0 Å². The van der Waals surface area contributed by atoms with Crippen molar-refractivity contribution in [2.75, 3.05) is 10.8 Å². The second kappa shape index (κ2) is 6.95. The Morgan fingerprint density at radius 3 is 2.45 bits per heavy atom. The SMILES string of the molecule is Cc1ccc(S(=O)(=O)N(CCC#N)c2ccccc2)c(Br)c1. The molecule has 0 aliphatic carbocycles. The molecule has 2 aromatic rings. The summed E-state index contributed by atoms with van der Waals surface area (Å²) in [5.41, 5.74) is 1.51. The topological polar surface area (TPSA) is 61.2 Å². The van der Waals surface area contributed by atoms with E-state index < -0.39 is 10.0 Å². The highest BCUT2D eigenvalue weighted by molar-refractivity contribution is 9.10. The average Bonchev–Trinajstić information content (AvgIpc) is 2.48. The molecule has 0 atom stereocenters. The van der Waals surface area contributed by atoms with E-state index in [4.69, 9.17) is 5.26 Å². The van der Waals surface area contributed by atoms with E-state index in [2.05, 4.69) is 15.9 Å². The molecule has 0 bridgehead atoms. The number of benzene rings is 2. The fraction of sp³-hybridized carbons (Fsp3) is 0.188. The second-order valence-corrected chi connectivity index (χ2v) is 7.44. The summed E-state index contributed by atoms with van der Waals surface area (Å²) in [4.78, 5) is 0.194. The van der Waals surface area contributed by atoms with Crippen LogP contribution in [0.2, 0.25) is 0 Å². The molecule has 0 aliphatic heterocycles. The third-order valence-electron chi connectivity index (χ3n) is 3.13. The Kier molecular flexibility index (Phi) is 5.22. The summed E-state index contributed by atoms with van der Waals surface area (Å²) >= 11 is 3.32. The maximum atomic E-state index is 13.0. The summed E-state index contributed by atoms with van der Waals surface area (Å²) in [7, 11) is -3.74. The summed E-state index contributed by atoms with van der Waals surface area (Å²) in [5.74, 6) is 0. The van der Waals surface area contributed by atoms with E-state index >= 15 is 0 Å². The van der Waals surface area contributed by atoms with Crippen LogP contribution in [0, 0.1) is 18.3 Å². The first kappa shape index (κ1) is 16.5. The maximum Gasteiger partial charge on any atom is 0.265 e. The molecule has 0 saturated heterocycles. The largest absolute Gasteiger partial charge is 0.265 e. The molecule has 0 N–H and O–H groups in total. The third-order valence-corrected chi connectivity index (χ3v) is 5.93. The van der Waals surface area contributed by atoms with Gasteiger partial charge in [-0.1, -0.05) is 24.3 Å². The molecule has 0 aromatic heterocycles. The zero-order valence-corrected chi connectivity index (χ0v) is 14.4. The number of hydrogen-bond acceptors (Lipinski definition) is 3. The van der Waals surface area contributed by atoms with Crippen LogP contribution >= 0.6 is 15.9 Å². The van der Waals surface area contributed by atoms with Gasteiger partial charge in [0.1, 0.15) is 4.90 Å². The Bertz CT molecular complexity index is 799. The lowest BCUT2D eigenvalue weighted by molar-refractivity contribution is 0.590. The van der Waals surface area contributed by atoms with Gasteiger partial charge in [0.25, 0.3) is 10.0 Å². The maximum absolute atomic E-state index is 13.0. The van der Waals surface area contributed by atoms with Crippen molar-refractivity contribution in [2.45, 2.75) is 18.2 Å². The van der Waals surface area contributed by atoms with Crippen LogP contribution in [0.4, 0.5) is 5.69 Å². The molecule has 0 amide bonds. The zero-order chi connectivity index (χ0) is 16.2. The molecule has 22 heavy (non-hydrogen) atoms. The Labute approximate surface area is 139 Å². The van der Waals surface area contributed by atoms with Crippen LogP contribution in [-0.2, 0) is 10.0 Å². The Balaban J connectivity index is 2.52. The molecule has 114 valence electrons. The van der Waals surface area contributed by atoms with E-state index in [1.165, 1.54) is 4.31 Å². The molecule has 0 saturated carbocycles. The van der Waals surface area contributed by atoms with Crippen molar-refractivity contribution in [3.8, 4) is 6.07 Å². The molecule has 2 aromatic carbocycles. The normalized spacial score (nSPS) is 11.0. The molecular weight excluding hydrogens is 364 g/mol. The third kappa shape index (κ3) is 3.49. The molecule has 4 nitrogen and oxygen atoms in total. The van der Waals surface area contributed by atoms with Gasteiger partial charge in [-0.05, 0) is 52.7 Å². The van der Waals surface area contributed by atoms with Crippen LogP contribution in [0.1, 0.15) is 12.0 Å². The monoisotopic (exact) mass is 378 g/mol. The number of sulfonamides is 1. The number of para-hydroxylation sites is 1. The summed E-state index contributed by atoms with van der Waals surface area (Å²) < 4.78 is 27.7. The van der Waals surface area contributed by atoms with Gasteiger partial charge in [-0.3, -0.25) is 4.31 Å². The Morgan fingerprint density at radius 1 is 1.18 bits per heavy atom. The number of anilines is 1. The highest BCUT2D eigenvalue weighted by Crippen LogP contribution is 2.29. The van der Waals surface area contributed by atoms with Gasteiger partial charge >= 0.3 is 0 Å². The lowest BCUT2D eigenvalue weighted by Gasteiger charge is -2.24. The summed E-state index contributed by atoms with van der Waals surface area (Å²) in [6.07, 6.45) is 0.123. The first-order valence-electron chi connectivity index (χ1n) is 6.67. The van der Waals surface area contributed by atoms with Crippen molar-refractivity contribution in [1.29, 1.82) is 5.26 Å². The highest BCUT2D eigenvalue weighted by Gasteiger charge is 2.26. The van der Waals surface area contributed by atoms with Crippen molar-refractivity contribution in [2.24, 2.45) is 0 Å². The Morgan fingerprint density at radius 2 is 1.86 bits per heavy atom. The van der Waals surface area contributed by atoms with Crippen LogP contribution in [0.25, 0.3) is 0 Å². The lowest BCUT2D eigenvalue weighted by Crippen LogP contribution is -2.32. The van der Waals surface area contributed by atoms with Crippen LogP contribution in [0.15, 0.2) is 57.9 Å². The van der Waals surface area contributed by atoms with Crippen LogP contribution in [0.3, 0.4) is 0 Å². The minimum Gasteiger partial charge on any atom is -0.265 e. The van der Waals surface area contributed by atoms with E-state index in [1.807, 2.05) is 19.1 Å². The second-order valence-electron chi connectivity index (χ2n) is 4.75. The van der Waals surface area contributed by atoms with Crippen LogP contribution < -0.4 is 4.31 Å². The number of halogens is 1. The first-order chi connectivity index (χ1) is 10.5. The Hall–Kier alpha value is -1.84. The quantitative estimate of drug-likeness (QED) is 0.793. The predicted molar refractivity (Wildman–Crippen MR) is 90.1 cm³/mol. The van der Waals surface area contributed by atoms with E-state index in [1.54, 1.807) is 42.5 Å². The van der Waals surface area contributed by atoms with E-state index in [0.717, 1.165) is 5.56 Å². The predicted octanol–water partition coefficient (Wildman–Crippen LogP) is 3.87. The van der Waals surface area contributed by atoms with E-state index in [9.17, 15) is 8.42 Å². The van der Waals surface area contributed by atoms with Crippen molar-refractivity contribution < 1.29 is 8.42 Å². The molecule has 0 unspecified atom stereocenters. The van der Waals surface area contributed by atoms with Gasteiger partial charge in [0.05, 0.1) is 18.2 Å². The van der Waals surface area contributed by atoms with Gasteiger partial charge in [0, 0.05) is 11.0 Å². The van der Waals surface area contributed by atoms with Gasteiger partial charge in [0.2, 0.25) is 0 Å². The fourth-order valence-corrected chi connectivity index (χ4v) is 4.69. The molecular formula is C16H15BrN2O2S. The number of rotatable bonds is 5. The fourth-order valence-electron chi connectivity index (χ4n) is 2.07. The number of aryl methyl sites for hydroxylation is 1. The van der Waals surface area contributed by atoms with Gasteiger partial charge < -0.3 is 0 Å². The minimum atomic E-state index is -3.74. The highest BCUT2D eigenvalue weighted by atomic mass is 79.9. The number of hydrogen-bond donors (Lipinski definition) is 0. The molecule has 0 heterocycles. The van der Waals surface area contributed by atoms with E-state index in [0.29, 0.717) is 10.2 Å². The summed E-state index contributed by atoms with van der Waals surface area (Å²) in [6, 6.07) is 15.9. The van der Waals surface area contributed by atoms with E-state index in [-0.39, 0.29) is 17.9 Å². The van der Waals surface area contributed by atoms with Crippen molar-refractivity contribution in [3.63, 3.8) is 0 Å².